The van der Waals surface area contributed by atoms with Gasteiger partial charge in [-0.25, -0.2) is 8.42 Å². The average Bonchev–Trinajstić information content (AvgIpc) is 2.92. The predicted molar refractivity (Wildman–Crippen MR) is 76.3 cm³/mol. The third-order valence-corrected chi connectivity index (χ3v) is 4.53. The zero-order chi connectivity index (χ0) is 15.1. The van der Waals surface area contributed by atoms with E-state index in [0.717, 1.165) is 17.2 Å². The Hall–Kier alpha value is -1.06. The Bertz CT molecular complexity index is 729. The Morgan fingerprint density at radius 1 is 1.25 bits per heavy atom. The highest BCUT2D eigenvalue weighted by molar-refractivity contribution is 8.13. The first-order valence-electron chi connectivity index (χ1n) is 5.87. The highest BCUT2D eigenvalue weighted by Gasteiger charge is 2.29. The van der Waals surface area contributed by atoms with Gasteiger partial charge in [-0.15, -0.1) is 15.3 Å². The van der Waals surface area contributed by atoms with Crippen molar-refractivity contribution in [3.63, 3.8) is 0 Å². The smallest absolute Gasteiger partial charge is 0.296 e. The van der Waals surface area contributed by atoms with Gasteiger partial charge in [0.15, 0.2) is 5.82 Å². The Balaban J connectivity index is 2.67. The lowest BCUT2D eigenvalue weighted by Gasteiger charge is -2.16. The van der Waals surface area contributed by atoms with Gasteiger partial charge in [-0.3, -0.25) is 4.57 Å². The Morgan fingerprint density at radius 3 is 2.40 bits per heavy atom. The Labute approximate surface area is 125 Å². The highest BCUT2D eigenvalue weighted by atomic mass is 35.7. The normalized spacial score (nSPS) is 12.8. The molecule has 0 atom stereocenters. The molecule has 0 unspecified atom stereocenters. The molecule has 10 heteroatoms. The van der Waals surface area contributed by atoms with E-state index in [1.807, 2.05) is 20.8 Å². The van der Waals surface area contributed by atoms with E-state index >= 15 is 0 Å². The molecule has 2 heterocycles. The lowest BCUT2D eigenvalue weighted by atomic mass is 9.91. The molecule has 110 valence electrons. The molecule has 7 nitrogen and oxygen atoms in total. The first-order valence-corrected chi connectivity index (χ1v) is 8.95. The van der Waals surface area contributed by atoms with Gasteiger partial charge in [0, 0.05) is 22.6 Å². The van der Waals surface area contributed by atoms with Crippen molar-refractivity contribution in [2.75, 3.05) is 0 Å². The van der Waals surface area contributed by atoms with E-state index < -0.39 is 9.05 Å². The van der Waals surface area contributed by atoms with Crippen molar-refractivity contribution in [1.29, 1.82) is 0 Å². The SMILES string of the molecule is CCn1c(-c2snnc2C(C)(C)C)nnc1S(=O)(=O)Cl. The second kappa shape index (κ2) is 5.05. The first-order chi connectivity index (χ1) is 9.16. The van der Waals surface area contributed by atoms with Gasteiger partial charge in [-0.2, -0.15) is 0 Å². The van der Waals surface area contributed by atoms with Crippen molar-refractivity contribution >= 4 is 31.3 Å². The van der Waals surface area contributed by atoms with E-state index in [4.69, 9.17) is 10.7 Å². The predicted octanol–water partition coefficient (Wildman–Crippen LogP) is 2.04. The van der Waals surface area contributed by atoms with Gasteiger partial charge in [0.2, 0.25) is 0 Å². The monoisotopic (exact) mass is 335 g/mol. The van der Waals surface area contributed by atoms with Gasteiger partial charge in [-0.05, 0) is 18.5 Å². The molecule has 20 heavy (non-hydrogen) atoms. The maximum absolute atomic E-state index is 11.5. The van der Waals surface area contributed by atoms with Crippen LogP contribution in [0, 0.1) is 0 Å². The van der Waals surface area contributed by atoms with Crippen LogP contribution in [0.3, 0.4) is 0 Å². The summed E-state index contributed by atoms with van der Waals surface area (Å²) in [5, 5.41) is 11.5. The standard InChI is InChI=1S/C10H14ClN5O2S2/c1-5-16-8(13-14-9(16)20(11,17)18)6-7(10(2,3)4)12-15-19-6/h5H2,1-4H3. The minimum Gasteiger partial charge on any atom is -0.296 e. The van der Waals surface area contributed by atoms with Crippen molar-refractivity contribution < 1.29 is 8.42 Å². The summed E-state index contributed by atoms with van der Waals surface area (Å²) in [7, 11) is 1.43. The quantitative estimate of drug-likeness (QED) is 0.797. The molecule has 0 aliphatic rings. The molecule has 0 N–H and O–H groups in total. The minimum absolute atomic E-state index is 0.229. The second-order valence-corrected chi connectivity index (χ2v) is 8.40. The fourth-order valence-corrected chi connectivity index (χ4v) is 3.58. The summed E-state index contributed by atoms with van der Waals surface area (Å²) in [6.07, 6.45) is 0. The summed E-state index contributed by atoms with van der Waals surface area (Å²) in [6.45, 7) is 8.17. The van der Waals surface area contributed by atoms with Gasteiger partial charge in [0.05, 0.1) is 5.69 Å². The van der Waals surface area contributed by atoms with Crippen LogP contribution in [-0.4, -0.2) is 32.8 Å². The molecule has 0 amide bonds. The zero-order valence-electron chi connectivity index (χ0n) is 11.5. The van der Waals surface area contributed by atoms with Crippen LogP contribution in [0.25, 0.3) is 10.7 Å². The van der Waals surface area contributed by atoms with E-state index in [1.165, 1.54) is 4.57 Å². The molecule has 0 bridgehead atoms. The Kier molecular flexibility index (Phi) is 3.87. The molecule has 0 saturated heterocycles. The topological polar surface area (TPSA) is 90.6 Å². The average molecular weight is 336 g/mol. The van der Waals surface area contributed by atoms with Crippen molar-refractivity contribution in [3.05, 3.63) is 5.69 Å². The van der Waals surface area contributed by atoms with Crippen molar-refractivity contribution in [1.82, 2.24) is 24.4 Å². The molecule has 2 aromatic heterocycles. The van der Waals surface area contributed by atoms with E-state index in [2.05, 4.69) is 19.8 Å². The highest BCUT2D eigenvalue weighted by Crippen LogP contribution is 2.34. The molecular weight excluding hydrogens is 322 g/mol. The lowest BCUT2D eigenvalue weighted by Crippen LogP contribution is -2.14. The fourth-order valence-electron chi connectivity index (χ4n) is 1.75. The van der Waals surface area contributed by atoms with Gasteiger partial charge in [-0.1, -0.05) is 25.3 Å². The second-order valence-electron chi connectivity index (χ2n) is 5.19. The lowest BCUT2D eigenvalue weighted by molar-refractivity contribution is 0.566. The van der Waals surface area contributed by atoms with Crippen molar-refractivity contribution in [2.45, 2.75) is 44.8 Å². The van der Waals surface area contributed by atoms with Crippen LogP contribution in [0.5, 0.6) is 0 Å². The summed E-state index contributed by atoms with van der Waals surface area (Å²) in [6, 6.07) is 0. The van der Waals surface area contributed by atoms with Crippen LogP contribution >= 0.6 is 22.2 Å². The fraction of sp³-hybridized carbons (Fsp3) is 0.600. The molecule has 0 spiro atoms. The number of halogens is 1. The maximum atomic E-state index is 11.5. The van der Waals surface area contributed by atoms with E-state index in [1.54, 1.807) is 6.92 Å². The molecule has 2 aromatic rings. The largest absolute Gasteiger partial charge is 0.296 e. The molecule has 0 saturated carbocycles. The van der Waals surface area contributed by atoms with Crippen LogP contribution in [0.4, 0.5) is 0 Å². The third-order valence-electron chi connectivity index (χ3n) is 2.65. The number of nitrogens with zero attached hydrogens (tertiary/aromatic N) is 5. The van der Waals surface area contributed by atoms with Crippen LogP contribution in [0.1, 0.15) is 33.4 Å². The van der Waals surface area contributed by atoms with Crippen LogP contribution in [0.15, 0.2) is 5.16 Å². The summed E-state index contributed by atoms with van der Waals surface area (Å²) in [5.41, 5.74) is 0.524. The number of rotatable bonds is 3. The van der Waals surface area contributed by atoms with Crippen LogP contribution in [0.2, 0.25) is 0 Å². The van der Waals surface area contributed by atoms with E-state index in [0.29, 0.717) is 17.2 Å². The van der Waals surface area contributed by atoms with E-state index in [9.17, 15) is 8.42 Å². The third kappa shape index (κ3) is 2.70. The Morgan fingerprint density at radius 2 is 1.90 bits per heavy atom. The first kappa shape index (κ1) is 15.3. The summed E-state index contributed by atoms with van der Waals surface area (Å²) >= 11 is 1.16. The van der Waals surface area contributed by atoms with Gasteiger partial charge in [0.25, 0.3) is 14.2 Å². The van der Waals surface area contributed by atoms with Crippen molar-refractivity contribution in [3.8, 4) is 10.7 Å². The summed E-state index contributed by atoms with van der Waals surface area (Å²) in [5.74, 6) is 0.423. The minimum atomic E-state index is -3.94. The van der Waals surface area contributed by atoms with Crippen LogP contribution in [-0.2, 0) is 21.0 Å². The molecule has 2 rings (SSSR count). The molecule has 0 aliphatic heterocycles. The molecule has 0 radical (unpaired) electrons. The molecule has 0 fully saturated rings. The number of aromatic nitrogens is 5. The maximum Gasteiger partial charge on any atom is 0.296 e. The number of hydrogen-bond acceptors (Lipinski definition) is 7. The van der Waals surface area contributed by atoms with E-state index in [-0.39, 0.29) is 10.6 Å². The van der Waals surface area contributed by atoms with Gasteiger partial charge in [0.1, 0.15) is 4.88 Å². The molecule has 0 aromatic carbocycles. The van der Waals surface area contributed by atoms with Gasteiger partial charge < -0.3 is 0 Å². The van der Waals surface area contributed by atoms with Crippen molar-refractivity contribution in [2.24, 2.45) is 0 Å². The summed E-state index contributed by atoms with van der Waals surface area (Å²) < 4.78 is 28.4. The van der Waals surface area contributed by atoms with Crippen LogP contribution < -0.4 is 0 Å². The number of hydrogen-bond donors (Lipinski definition) is 0. The zero-order valence-corrected chi connectivity index (χ0v) is 13.8. The molecular formula is C10H14ClN5O2S2. The summed E-state index contributed by atoms with van der Waals surface area (Å²) in [4.78, 5) is 0.707. The van der Waals surface area contributed by atoms with Gasteiger partial charge >= 0.3 is 0 Å². The molecule has 0 aliphatic carbocycles.